The van der Waals surface area contributed by atoms with E-state index < -0.39 is 0 Å². The molecule has 3 rings (SSSR count). The summed E-state index contributed by atoms with van der Waals surface area (Å²) in [5.74, 6) is 2.14. The fourth-order valence-electron chi connectivity index (χ4n) is 2.16. The number of benzene rings is 2. The fraction of sp³-hybridized carbons (Fsp3) is 0.200. The van der Waals surface area contributed by atoms with Crippen molar-refractivity contribution in [2.75, 3.05) is 11.1 Å². The molecule has 31 heavy (non-hydrogen) atoms. The quantitative estimate of drug-likeness (QED) is 0.229. The highest BCUT2D eigenvalue weighted by molar-refractivity contribution is 7.14. The van der Waals surface area contributed by atoms with Crippen LogP contribution >= 0.6 is 11.3 Å². The number of carbonyl (C=O) groups is 1. The van der Waals surface area contributed by atoms with Crippen molar-refractivity contribution >= 4 is 34.3 Å². The average molecular weight is 438 g/mol. The van der Waals surface area contributed by atoms with Crippen LogP contribution in [0.2, 0.25) is 0 Å². The van der Waals surface area contributed by atoms with E-state index in [1.54, 1.807) is 11.5 Å². The third-order valence-electron chi connectivity index (χ3n) is 3.62. The Morgan fingerprint density at radius 2 is 1.74 bits per heavy atom. The van der Waals surface area contributed by atoms with Crippen LogP contribution in [0.15, 0.2) is 83.8 Å². The summed E-state index contributed by atoms with van der Waals surface area (Å²) in [5.41, 5.74) is 7.27. The number of thiazole rings is 1. The van der Waals surface area contributed by atoms with Crippen molar-refractivity contribution < 1.29 is 9.53 Å². The maximum Gasteiger partial charge on any atom is 0.189 e. The number of ether oxygens (including phenoxy) is 1. The van der Waals surface area contributed by atoms with Crippen molar-refractivity contribution in [1.29, 1.82) is 0 Å². The van der Waals surface area contributed by atoms with Gasteiger partial charge in [0.2, 0.25) is 0 Å². The van der Waals surface area contributed by atoms with Gasteiger partial charge in [-0.25, -0.2) is 4.98 Å². The number of hydrogen-bond acceptors (Lipinski definition) is 6. The Bertz CT molecular complexity index is 933. The molecule has 2 aromatic carbocycles. The minimum absolute atomic E-state index is 0.529. The van der Waals surface area contributed by atoms with Crippen molar-refractivity contribution in [2.24, 2.45) is 0 Å². The molecular formula is C25H31N3O2S. The molecule has 0 aliphatic rings. The van der Waals surface area contributed by atoms with Crippen LogP contribution in [-0.2, 0) is 4.79 Å². The minimum atomic E-state index is 0.529. The first-order chi connectivity index (χ1) is 15.1. The van der Waals surface area contributed by atoms with Crippen molar-refractivity contribution in [1.82, 2.24) is 4.98 Å². The van der Waals surface area contributed by atoms with Crippen LogP contribution < -0.4 is 15.8 Å². The predicted octanol–water partition coefficient (Wildman–Crippen LogP) is 7.39. The van der Waals surface area contributed by atoms with Gasteiger partial charge in [-0.2, -0.15) is 0 Å². The molecule has 0 fully saturated rings. The molecule has 0 aliphatic carbocycles. The van der Waals surface area contributed by atoms with Gasteiger partial charge in [0.15, 0.2) is 5.13 Å². The molecule has 164 valence electrons. The number of anilines is 3. The van der Waals surface area contributed by atoms with Crippen LogP contribution in [0.4, 0.5) is 16.6 Å². The second kappa shape index (κ2) is 15.5. The molecule has 0 saturated carbocycles. The first-order valence-corrected chi connectivity index (χ1v) is 11.1. The number of hydrogen-bond donors (Lipinski definition) is 2. The maximum atomic E-state index is 10.1. The second-order valence-electron chi connectivity index (χ2n) is 5.86. The zero-order valence-corrected chi connectivity index (χ0v) is 19.4. The lowest BCUT2D eigenvalue weighted by molar-refractivity contribution is -0.104. The molecule has 1 aromatic heterocycles. The number of rotatable bonds is 7. The molecule has 0 radical (unpaired) electrons. The lowest BCUT2D eigenvalue weighted by Crippen LogP contribution is -1.91. The Balaban J connectivity index is 0.000000372. The van der Waals surface area contributed by atoms with E-state index in [0.29, 0.717) is 5.82 Å². The molecule has 0 bridgehead atoms. The van der Waals surface area contributed by atoms with E-state index in [1.165, 1.54) is 11.3 Å². The first-order valence-electron chi connectivity index (χ1n) is 10.2. The summed E-state index contributed by atoms with van der Waals surface area (Å²) in [7, 11) is 0. The number of carbonyl (C=O) groups excluding carboxylic acids is 1. The number of nitrogen functional groups attached to an aromatic ring is 1. The number of allylic oxidation sites excluding steroid dienone is 4. The summed E-state index contributed by atoms with van der Waals surface area (Å²) in [6, 6.07) is 17.4. The molecule has 1 heterocycles. The van der Waals surface area contributed by atoms with Crippen molar-refractivity contribution in [3.63, 3.8) is 0 Å². The molecule has 0 aliphatic heterocycles. The summed E-state index contributed by atoms with van der Waals surface area (Å²) in [4.78, 5) is 14.3. The highest BCUT2D eigenvalue weighted by Gasteiger charge is 2.01. The van der Waals surface area contributed by atoms with Gasteiger partial charge in [0.1, 0.15) is 23.6 Å². The Hall–Kier alpha value is -3.38. The highest BCUT2D eigenvalue weighted by Crippen LogP contribution is 2.25. The topological polar surface area (TPSA) is 77.2 Å². The summed E-state index contributed by atoms with van der Waals surface area (Å²) in [5, 5.41) is 5.77. The normalized spacial score (nSPS) is 10.4. The summed E-state index contributed by atoms with van der Waals surface area (Å²) >= 11 is 1.47. The smallest absolute Gasteiger partial charge is 0.189 e. The second-order valence-corrected chi connectivity index (χ2v) is 6.72. The number of nitrogens with zero attached hydrogens (tertiary/aromatic N) is 1. The van der Waals surface area contributed by atoms with Gasteiger partial charge in [-0.15, -0.1) is 11.3 Å². The Labute approximate surface area is 189 Å². The molecule has 0 atom stereocenters. The number of aromatic nitrogens is 1. The van der Waals surface area contributed by atoms with E-state index in [-0.39, 0.29) is 0 Å². The van der Waals surface area contributed by atoms with E-state index in [9.17, 15) is 4.79 Å². The molecule has 3 N–H and O–H groups in total. The summed E-state index contributed by atoms with van der Waals surface area (Å²) < 4.78 is 5.73. The Morgan fingerprint density at radius 1 is 1.10 bits per heavy atom. The van der Waals surface area contributed by atoms with E-state index in [1.807, 2.05) is 94.4 Å². The maximum absolute atomic E-state index is 10.1. The predicted molar refractivity (Wildman–Crippen MR) is 133 cm³/mol. The molecule has 0 amide bonds. The van der Waals surface area contributed by atoms with E-state index in [2.05, 4.69) is 10.3 Å². The Morgan fingerprint density at radius 3 is 2.26 bits per heavy atom. The molecule has 3 aromatic rings. The van der Waals surface area contributed by atoms with Crippen LogP contribution in [0.25, 0.3) is 0 Å². The van der Waals surface area contributed by atoms with Crippen LogP contribution in [0.5, 0.6) is 11.5 Å². The zero-order chi connectivity index (χ0) is 22.9. The SMILES string of the molecule is C/C=C(C=O)\C=C/CC.CC.Nc1csc(Nc2ccc(Oc3ccccc3)cc2)n1. The molecule has 0 saturated heterocycles. The monoisotopic (exact) mass is 437 g/mol. The van der Waals surface area contributed by atoms with Gasteiger partial charge in [0.05, 0.1) is 0 Å². The van der Waals surface area contributed by atoms with Gasteiger partial charge in [0, 0.05) is 16.6 Å². The fourth-order valence-corrected chi connectivity index (χ4v) is 2.78. The van der Waals surface area contributed by atoms with Crippen LogP contribution in [0, 0.1) is 0 Å². The van der Waals surface area contributed by atoms with Crippen molar-refractivity contribution in [2.45, 2.75) is 34.1 Å². The highest BCUT2D eigenvalue weighted by atomic mass is 32.1. The van der Waals surface area contributed by atoms with Gasteiger partial charge in [-0.05, 0) is 49.7 Å². The molecule has 0 spiro atoms. The summed E-state index contributed by atoms with van der Waals surface area (Å²) in [6.45, 7) is 7.89. The molecular weight excluding hydrogens is 406 g/mol. The molecule has 0 unspecified atom stereocenters. The van der Waals surface area contributed by atoms with Crippen molar-refractivity contribution in [3.8, 4) is 11.5 Å². The minimum Gasteiger partial charge on any atom is -0.457 e. The zero-order valence-electron chi connectivity index (χ0n) is 18.5. The van der Waals surface area contributed by atoms with Crippen LogP contribution in [0.1, 0.15) is 34.1 Å². The third kappa shape index (κ3) is 10.3. The van der Waals surface area contributed by atoms with Gasteiger partial charge >= 0.3 is 0 Å². The van der Waals surface area contributed by atoms with Gasteiger partial charge in [-0.3, -0.25) is 4.79 Å². The number of nitrogens with two attached hydrogens (primary N) is 1. The lowest BCUT2D eigenvalue weighted by Gasteiger charge is -2.07. The van der Waals surface area contributed by atoms with Gasteiger partial charge in [0.25, 0.3) is 0 Å². The standard InChI is InChI=1S/C15H13N3OS.C8H12O.C2H6/c16-14-10-20-15(18-14)17-11-6-8-13(9-7-11)19-12-4-2-1-3-5-12;1-3-5-6-8(4-2)7-9;1-2/h1-10H,16H2,(H,17,18);4-7H,3H2,1-2H3;1-2H3/b;6-5-,8-4+;. The van der Waals surface area contributed by atoms with Gasteiger partial charge < -0.3 is 15.8 Å². The molecule has 5 nitrogen and oxygen atoms in total. The number of para-hydroxylation sites is 1. The van der Waals surface area contributed by atoms with Crippen LogP contribution in [0.3, 0.4) is 0 Å². The van der Waals surface area contributed by atoms with Crippen molar-refractivity contribution in [3.05, 3.63) is 83.8 Å². The summed E-state index contributed by atoms with van der Waals surface area (Å²) in [6.07, 6.45) is 7.41. The third-order valence-corrected chi connectivity index (χ3v) is 4.40. The lowest BCUT2D eigenvalue weighted by atomic mass is 10.2. The van der Waals surface area contributed by atoms with Gasteiger partial charge in [-0.1, -0.05) is 57.2 Å². The first kappa shape index (κ1) is 25.7. The average Bonchev–Trinajstić information content (AvgIpc) is 3.23. The largest absolute Gasteiger partial charge is 0.457 e. The van der Waals surface area contributed by atoms with E-state index >= 15 is 0 Å². The van der Waals surface area contributed by atoms with E-state index in [0.717, 1.165) is 40.6 Å². The number of aldehydes is 1. The Kier molecular flexibility index (Phi) is 12.8. The molecule has 6 heteroatoms. The van der Waals surface area contributed by atoms with E-state index in [4.69, 9.17) is 10.5 Å². The number of nitrogens with one attached hydrogen (secondary N) is 1. The van der Waals surface area contributed by atoms with Crippen LogP contribution in [-0.4, -0.2) is 11.3 Å².